The van der Waals surface area contributed by atoms with Crippen molar-refractivity contribution >= 4 is 17.8 Å². The average Bonchev–Trinajstić information content (AvgIpc) is 3.58. The first kappa shape index (κ1) is 26.2. The Morgan fingerprint density at radius 2 is 1.94 bits per heavy atom. The second-order valence-corrected chi connectivity index (χ2v) is 9.83. The van der Waals surface area contributed by atoms with Gasteiger partial charge >= 0.3 is 5.97 Å². The molecule has 3 heterocycles. The Kier molecular flexibility index (Phi) is 8.68. The van der Waals surface area contributed by atoms with Crippen molar-refractivity contribution in [3.8, 4) is 11.5 Å². The Balaban J connectivity index is 1.60. The molecule has 10 heteroatoms. The Morgan fingerprint density at radius 1 is 1.17 bits per heavy atom. The third-order valence-electron chi connectivity index (χ3n) is 7.50. The lowest BCUT2D eigenvalue weighted by Crippen LogP contribution is -2.49. The van der Waals surface area contributed by atoms with Gasteiger partial charge in [0.1, 0.15) is 0 Å². The molecule has 2 N–H and O–H groups in total. The fourth-order valence-electron chi connectivity index (χ4n) is 5.57. The van der Waals surface area contributed by atoms with Gasteiger partial charge in [0.2, 0.25) is 18.6 Å². The lowest BCUT2D eigenvalue weighted by molar-refractivity contribution is -0.144. The summed E-state index contributed by atoms with van der Waals surface area (Å²) >= 11 is 0. The first-order valence-corrected chi connectivity index (χ1v) is 13.0. The van der Waals surface area contributed by atoms with Crippen molar-refractivity contribution in [2.45, 2.75) is 51.0 Å². The van der Waals surface area contributed by atoms with E-state index in [0.717, 1.165) is 24.8 Å². The van der Waals surface area contributed by atoms with Crippen LogP contribution in [-0.4, -0.2) is 101 Å². The van der Waals surface area contributed by atoms with Gasteiger partial charge in [0, 0.05) is 57.7 Å². The van der Waals surface area contributed by atoms with Gasteiger partial charge in [-0.15, -0.1) is 0 Å². The van der Waals surface area contributed by atoms with Crippen LogP contribution in [0.1, 0.15) is 50.5 Å². The summed E-state index contributed by atoms with van der Waals surface area (Å²) in [7, 11) is 0. The van der Waals surface area contributed by atoms with Gasteiger partial charge in [0.15, 0.2) is 11.5 Å². The second-order valence-electron chi connectivity index (χ2n) is 9.83. The summed E-state index contributed by atoms with van der Waals surface area (Å²) in [5.74, 6) is -0.915. The number of likely N-dealkylation sites (tertiary alicyclic amines) is 2. The molecule has 36 heavy (non-hydrogen) atoms. The van der Waals surface area contributed by atoms with Gasteiger partial charge in [-0.25, -0.2) is 0 Å². The van der Waals surface area contributed by atoms with E-state index in [4.69, 9.17) is 9.47 Å². The maximum Gasteiger partial charge on any atom is 0.308 e. The number of aliphatic hydroxyl groups is 1. The quantitative estimate of drug-likeness (QED) is 0.441. The summed E-state index contributed by atoms with van der Waals surface area (Å²) in [6, 6.07) is 5.01. The molecule has 4 rings (SSSR count). The molecular weight excluding hydrogens is 466 g/mol. The molecule has 198 valence electrons. The van der Waals surface area contributed by atoms with Crippen LogP contribution in [0.3, 0.4) is 0 Å². The van der Waals surface area contributed by atoms with Gasteiger partial charge in [0.25, 0.3) is 0 Å². The number of hydrogen-bond acceptors (Lipinski definition) is 7. The van der Waals surface area contributed by atoms with E-state index in [1.54, 1.807) is 15.9 Å². The van der Waals surface area contributed by atoms with Gasteiger partial charge in [-0.3, -0.25) is 19.3 Å². The molecule has 0 bridgehead atoms. The maximum absolute atomic E-state index is 13.4. The number of carboxylic acids is 1. The standard InChI is InChI=1S/C26H37N3O7/c1-2-3-9-27(11-5-12-30)24(32)16-29-14-19(18-7-8-21-22(13-18)36-17-35-21)25(26(33)34)20(29)15-28-10-4-6-23(28)31/h7-8,13,19-20,25,30H,2-6,9-12,14-17H2,1H3,(H,33,34)/t19-,20+,25-/m1/s1. The fraction of sp³-hybridized carbons (Fsp3) is 0.654. The number of benzene rings is 1. The van der Waals surface area contributed by atoms with E-state index in [1.807, 2.05) is 17.0 Å². The van der Waals surface area contributed by atoms with Crippen LogP contribution in [-0.2, 0) is 14.4 Å². The minimum atomic E-state index is -0.938. The van der Waals surface area contributed by atoms with Crippen molar-refractivity contribution in [2.75, 3.05) is 52.7 Å². The van der Waals surface area contributed by atoms with E-state index >= 15 is 0 Å². The number of aliphatic carboxylic acids is 1. The smallest absolute Gasteiger partial charge is 0.308 e. The first-order valence-electron chi connectivity index (χ1n) is 13.0. The number of carbonyl (C=O) groups is 3. The average molecular weight is 504 g/mol. The van der Waals surface area contributed by atoms with Crippen molar-refractivity contribution in [3.63, 3.8) is 0 Å². The number of carbonyl (C=O) groups excluding carboxylic acids is 2. The minimum absolute atomic E-state index is 0.00654. The van der Waals surface area contributed by atoms with Gasteiger partial charge in [-0.05, 0) is 37.0 Å². The molecule has 1 aromatic carbocycles. The zero-order valence-electron chi connectivity index (χ0n) is 20.9. The lowest BCUT2D eigenvalue weighted by Gasteiger charge is -2.32. The molecule has 0 aromatic heterocycles. The number of unbranched alkanes of at least 4 members (excludes halogenated alkanes) is 1. The van der Waals surface area contributed by atoms with Crippen LogP contribution in [0.15, 0.2) is 18.2 Å². The predicted molar refractivity (Wildman–Crippen MR) is 131 cm³/mol. The third kappa shape index (κ3) is 5.75. The first-order chi connectivity index (χ1) is 17.4. The van der Waals surface area contributed by atoms with Crippen molar-refractivity contribution < 1.29 is 34.1 Å². The molecule has 2 amide bonds. The highest BCUT2D eigenvalue weighted by Gasteiger charge is 2.48. The highest BCUT2D eigenvalue weighted by atomic mass is 16.7. The summed E-state index contributed by atoms with van der Waals surface area (Å²) < 4.78 is 10.9. The minimum Gasteiger partial charge on any atom is -0.481 e. The highest BCUT2D eigenvalue weighted by molar-refractivity contribution is 5.80. The summed E-state index contributed by atoms with van der Waals surface area (Å²) in [6.45, 7) is 4.63. The molecule has 3 aliphatic rings. The Morgan fingerprint density at radius 3 is 2.64 bits per heavy atom. The number of fused-ring (bicyclic) bond motifs is 1. The van der Waals surface area contributed by atoms with Crippen molar-refractivity contribution in [1.82, 2.24) is 14.7 Å². The van der Waals surface area contributed by atoms with Crippen LogP contribution in [0.4, 0.5) is 0 Å². The molecule has 0 radical (unpaired) electrons. The normalized spacial score (nSPS) is 23.4. The molecule has 3 aliphatic heterocycles. The number of aliphatic hydroxyl groups excluding tert-OH is 1. The largest absolute Gasteiger partial charge is 0.481 e. The number of carboxylic acid groups (broad SMARTS) is 1. The van der Waals surface area contributed by atoms with E-state index in [2.05, 4.69) is 6.92 Å². The van der Waals surface area contributed by atoms with Gasteiger partial charge in [-0.2, -0.15) is 0 Å². The summed E-state index contributed by atoms with van der Waals surface area (Å²) in [4.78, 5) is 43.9. The Labute approximate surface area is 211 Å². The fourth-order valence-corrected chi connectivity index (χ4v) is 5.57. The van der Waals surface area contributed by atoms with E-state index in [0.29, 0.717) is 50.5 Å². The molecule has 2 saturated heterocycles. The zero-order valence-corrected chi connectivity index (χ0v) is 20.9. The molecular formula is C26H37N3O7. The lowest BCUT2D eigenvalue weighted by atomic mass is 9.85. The molecule has 1 aromatic rings. The second kappa shape index (κ2) is 11.9. The number of rotatable bonds is 12. The van der Waals surface area contributed by atoms with Crippen LogP contribution in [0.5, 0.6) is 11.5 Å². The Bertz CT molecular complexity index is 947. The summed E-state index contributed by atoms with van der Waals surface area (Å²) in [6.07, 6.45) is 3.54. The maximum atomic E-state index is 13.4. The summed E-state index contributed by atoms with van der Waals surface area (Å²) in [5.41, 5.74) is 0.822. The number of ether oxygens (including phenoxy) is 2. The van der Waals surface area contributed by atoms with Crippen LogP contribution in [0, 0.1) is 5.92 Å². The van der Waals surface area contributed by atoms with E-state index in [9.17, 15) is 24.6 Å². The van der Waals surface area contributed by atoms with E-state index in [-0.39, 0.29) is 44.2 Å². The molecule has 0 unspecified atom stereocenters. The van der Waals surface area contributed by atoms with Gasteiger partial charge in [-0.1, -0.05) is 19.4 Å². The SMILES string of the molecule is CCCCN(CCCO)C(=O)CN1C[C@H](c2ccc3c(c2)OCO3)[C@@H](C(=O)O)[C@@H]1CN1CCCC1=O. The van der Waals surface area contributed by atoms with Crippen LogP contribution >= 0.6 is 0 Å². The molecule has 3 atom stereocenters. The van der Waals surface area contributed by atoms with E-state index in [1.165, 1.54) is 0 Å². The van der Waals surface area contributed by atoms with Crippen LogP contribution in [0.25, 0.3) is 0 Å². The van der Waals surface area contributed by atoms with Gasteiger partial charge in [0.05, 0.1) is 12.5 Å². The number of amides is 2. The van der Waals surface area contributed by atoms with Crippen LogP contribution in [0.2, 0.25) is 0 Å². The highest BCUT2D eigenvalue weighted by Crippen LogP contribution is 2.42. The van der Waals surface area contributed by atoms with Crippen molar-refractivity contribution in [1.29, 1.82) is 0 Å². The van der Waals surface area contributed by atoms with Crippen LogP contribution < -0.4 is 9.47 Å². The molecule has 0 aliphatic carbocycles. The number of hydrogen-bond donors (Lipinski definition) is 2. The van der Waals surface area contributed by atoms with Crippen molar-refractivity contribution in [2.24, 2.45) is 5.92 Å². The molecule has 0 saturated carbocycles. The van der Waals surface area contributed by atoms with Gasteiger partial charge < -0.3 is 29.5 Å². The Hall–Kier alpha value is -2.85. The molecule has 0 spiro atoms. The predicted octanol–water partition coefficient (Wildman–Crippen LogP) is 1.52. The number of nitrogens with zero attached hydrogens (tertiary/aromatic N) is 3. The monoisotopic (exact) mass is 503 g/mol. The van der Waals surface area contributed by atoms with Crippen molar-refractivity contribution in [3.05, 3.63) is 23.8 Å². The molecule has 10 nitrogen and oxygen atoms in total. The van der Waals surface area contributed by atoms with E-state index < -0.39 is 17.9 Å². The molecule has 2 fully saturated rings. The summed E-state index contributed by atoms with van der Waals surface area (Å²) in [5, 5.41) is 19.6. The topological polar surface area (TPSA) is 120 Å². The zero-order chi connectivity index (χ0) is 25.7. The third-order valence-corrected chi connectivity index (χ3v) is 7.50.